The van der Waals surface area contributed by atoms with Gasteiger partial charge in [0.25, 0.3) is 0 Å². The number of ether oxygens (including phenoxy) is 5. The number of rotatable bonds is 9. The summed E-state index contributed by atoms with van der Waals surface area (Å²) in [5.41, 5.74) is 0. The molecule has 0 saturated carbocycles. The van der Waals surface area contributed by atoms with Crippen molar-refractivity contribution in [3.05, 3.63) is 0 Å². The minimum Gasteiger partial charge on any atom is -0.469 e. The van der Waals surface area contributed by atoms with Crippen LogP contribution in [0.4, 0.5) is 0 Å². The van der Waals surface area contributed by atoms with Gasteiger partial charge in [-0.05, 0) is 6.04 Å². The second-order valence-electron chi connectivity index (χ2n) is 6.80. The summed E-state index contributed by atoms with van der Waals surface area (Å²) in [6.45, 7) is 7.96. The van der Waals surface area contributed by atoms with Crippen molar-refractivity contribution in [2.75, 3.05) is 27.6 Å². The van der Waals surface area contributed by atoms with Crippen molar-refractivity contribution in [1.82, 2.24) is 0 Å². The molecule has 3 atom stereocenters. The lowest BCUT2D eigenvalue weighted by atomic mass is 10.0. The van der Waals surface area contributed by atoms with Crippen molar-refractivity contribution >= 4 is 14.0 Å². The molecular formula is C15H30O6Si. The molecule has 0 bridgehead atoms. The third-order valence-corrected chi connectivity index (χ3v) is 5.30. The van der Waals surface area contributed by atoms with Crippen LogP contribution in [-0.2, 0) is 28.5 Å². The van der Waals surface area contributed by atoms with E-state index in [9.17, 15) is 4.79 Å². The monoisotopic (exact) mass is 334 g/mol. The van der Waals surface area contributed by atoms with Crippen molar-refractivity contribution in [3.63, 3.8) is 0 Å². The van der Waals surface area contributed by atoms with Crippen molar-refractivity contribution in [3.8, 4) is 0 Å². The lowest BCUT2D eigenvalue weighted by molar-refractivity contribution is -0.224. The van der Waals surface area contributed by atoms with E-state index in [1.165, 1.54) is 7.11 Å². The van der Waals surface area contributed by atoms with Crippen LogP contribution < -0.4 is 0 Å². The molecule has 1 fully saturated rings. The van der Waals surface area contributed by atoms with E-state index >= 15 is 0 Å². The highest BCUT2D eigenvalue weighted by atomic mass is 28.3. The SMILES string of the molecule is COC(=O)C[C@H]1C[C@@H](OCOCC[Si](C)(C)C)C[C@@H](OC)O1. The first kappa shape index (κ1) is 19.6. The zero-order valence-corrected chi connectivity index (χ0v) is 15.4. The van der Waals surface area contributed by atoms with Crippen LogP contribution in [0.2, 0.25) is 25.7 Å². The number of carbonyl (C=O) groups excluding carboxylic acids is 1. The molecular weight excluding hydrogens is 304 g/mol. The molecule has 22 heavy (non-hydrogen) atoms. The summed E-state index contributed by atoms with van der Waals surface area (Å²) in [5, 5.41) is 0. The smallest absolute Gasteiger partial charge is 0.308 e. The maximum atomic E-state index is 11.4. The second-order valence-corrected chi connectivity index (χ2v) is 12.4. The lowest BCUT2D eigenvalue weighted by Crippen LogP contribution is -2.39. The van der Waals surface area contributed by atoms with Gasteiger partial charge in [0, 0.05) is 34.6 Å². The largest absolute Gasteiger partial charge is 0.469 e. The van der Waals surface area contributed by atoms with Crippen molar-refractivity contribution in [2.45, 2.75) is 63.4 Å². The molecule has 1 aliphatic rings. The van der Waals surface area contributed by atoms with E-state index in [2.05, 4.69) is 24.4 Å². The first-order valence-electron chi connectivity index (χ1n) is 7.78. The summed E-state index contributed by atoms with van der Waals surface area (Å²) in [6, 6.07) is 1.12. The maximum Gasteiger partial charge on any atom is 0.308 e. The molecule has 0 aromatic heterocycles. The highest BCUT2D eigenvalue weighted by Gasteiger charge is 2.31. The summed E-state index contributed by atoms with van der Waals surface area (Å²) in [5.74, 6) is -0.285. The first-order chi connectivity index (χ1) is 10.3. The predicted molar refractivity (Wildman–Crippen MR) is 85.4 cm³/mol. The first-order valence-corrected chi connectivity index (χ1v) is 11.5. The average Bonchev–Trinajstić information content (AvgIpc) is 2.45. The molecule has 1 heterocycles. The van der Waals surface area contributed by atoms with E-state index in [0.717, 1.165) is 12.7 Å². The molecule has 0 amide bonds. The summed E-state index contributed by atoms with van der Waals surface area (Å²) in [6.07, 6.45) is 0.888. The van der Waals surface area contributed by atoms with E-state index in [0.29, 0.717) is 12.8 Å². The van der Waals surface area contributed by atoms with Gasteiger partial charge in [0.2, 0.25) is 0 Å². The molecule has 1 saturated heterocycles. The van der Waals surface area contributed by atoms with Gasteiger partial charge in [0.15, 0.2) is 6.29 Å². The van der Waals surface area contributed by atoms with Crippen LogP contribution in [-0.4, -0.2) is 60.2 Å². The highest BCUT2D eigenvalue weighted by Crippen LogP contribution is 2.25. The fraction of sp³-hybridized carbons (Fsp3) is 0.933. The van der Waals surface area contributed by atoms with E-state index < -0.39 is 8.07 Å². The topological polar surface area (TPSA) is 63.2 Å². The van der Waals surface area contributed by atoms with Crippen LogP contribution in [0.25, 0.3) is 0 Å². The van der Waals surface area contributed by atoms with Gasteiger partial charge in [-0.2, -0.15) is 0 Å². The summed E-state index contributed by atoms with van der Waals surface area (Å²) < 4.78 is 26.9. The Kier molecular flexibility index (Phi) is 8.56. The van der Waals surface area contributed by atoms with E-state index in [1.54, 1.807) is 7.11 Å². The van der Waals surface area contributed by atoms with Crippen LogP contribution in [0, 0.1) is 0 Å². The minimum atomic E-state index is -1.07. The van der Waals surface area contributed by atoms with Crippen LogP contribution in [0.1, 0.15) is 19.3 Å². The summed E-state index contributed by atoms with van der Waals surface area (Å²) >= 11 is 0. The van der Waals surface area contributed by atoms with Gasteiger partial charge >= 0.3 is 5.97 Å². The van der Waals surface area contributed by atoms with Gasteiger partial charge in [0.05, 0.1) is 25.7 Å². The zero-order valence-electron chi connectivity index (χ0n) is 14.4. The molecule has 6 nitrogen and oxygen atoms in total. The predicted octanol–water partition coefficient (Wildman–Crippen LogP) is 2.40. The van der Waals surface area contributed by atoms with E-state index in [4.69, 9.17) is 18.9 Å². The fourth-order valence-corrected chi connectivity index (χ4v) is 2.96. The molecule has 0 N–H and O–H groups in total. The zero-order chi connectivity index (χ0) is 16.6. The van der Waals surface area contributed by atoms with Gasteiger partial charge in [-0.1, -0.05) is 19.6 Å². The number of carbonyl (C=O) groups is 1. The minimum absolute atomic E-state index is 0.0276. The molecule has 0 spiro atoms. The van der Waals surface area contributed by atoms with Gasteiger partial charge < -0.3 is 23.7 Å². The number of methoxy groups -OCH3 is 2. The Morgan fingerprint density at radius 1 is 1.23 bits per heavy atom. The van der Waals surface area contributed by atoms with Crippen LogP contribution >= 0.6 is 0 Å². The van der Waals surface area contributed by atoms with Crippen LogP contribution in [0.3, 0.4) is 0 Å². The van der Waals surface area contributed by atoms with E-state index in [1.807, 2.05) is 0 Å². The maximum absolute atomic E-state index is 11.4. The van der Waals surface area contributed by atoms with Crippen molar-refractivity contribution in [1.29, 1.82) is 0 Å². The molecule has 1 aliphatic heterocycles. The normalized spacial score (nSPS) is 26.0. The second kappa shape index (κ2) is 9.62. The number of esters is 1. The van der Waals surface area contributed by atoms with Crippen molar-refractivity contribution < 1.29 is 28.5 Å². The molecule has 0 unspecified atom stereocenters. The standard InChI is InChI=1S/C15H30O6Si/c1-17-14(16)9-13-8-12(10-15(18-2)21-13)20-11-19-6-7-22(3,4)5/h12-13,15H,6-11H2,1-5H3/t12-,13-,15+/m1/s1. The Morgan fingerprint density at radius 2 is 1.95 bits per heavy atom. The van der Waals surface area contributed by atoms with Gasteiger partial charge in [-0.3, -0.25) is 4.79 Å². The molecule has 7 heteroatoms. The Balaban J connectivity index is 2.30. The Hall–Kier alpha value is -0.473. The van der Waals surface area contributed by atoms with Gasteiger partial charge in [-0.15, -0.1) is 0 Å². The average molecular weight is 334 g/mol. The molecule has 130 valence electrons. The molecule has 0 aromatic carbocycles. The summed E-state index contributed by atoms with van der Waals surface area (Å²) in [7, 11) is 1.90. The van der Waals surface area contributed by atoms with Crippen LogP contribution in [0.15, 0.2) is 0 Å². The summed E-state index contributed by atoms with van der Waals surface area (Å²) in [4.78, 5) is 11.4. The van der Waals surface area contributed by atoms with Gasteiger partial charge in [-0.25, -0.2) is 0 Å². The Bertz CT molecular complexity index is 330. The molecule has 1 rings (SSSR count). The highest BCUT2D eigenvalue weighted by molar-refractivity contribution is 6.76. The van der Waals surface area contributed by atoms with Crippen LogP contribution in [0.5, 0.6) is 0 Å². The van der Waals surface area contributed by atoms with Crippen molar-refractivity contribution in [2.24, 2.45) is 0 Å². The number of hydrogen-bond donors (Lipinski definition) is 0. The quantitative estimate of drug-likeness (QED) is 0.279. The third-order valence-electron chi connectivity index (χ3n) is 3.59. The fourth-order valence-electron chi connectivity index (χ4n) is 2.20. The van der Waals surface area contributed by atoms with E-state index in [-0.39, 0.29) is 37.7 Å². The lowest BCUT2D eigenvalue weighted by Gasteiger charge is -2.34. The molecule has 0 aromatic rings. The third kappa shape index (κ3) is 8.24. The Morgan fingerprint density at radius 3 is 2.55 bits per heavy atom. The number of hydrogen-bond acceptors (Lipinski definition) is 6. The molecule has 0 aliphatic carbocycles. The van der Waals surface area contributed by atoms with Gasteiger partial charge in [0.1, 0.15) is 6.79 Å². The molecule has 0 radical (unpaired) electrons. The Labute approximate surface area is 134 Å².